The van der Waals surface area contributed by atoms with Crippen LogP contribution in [0.15, 0.2) is 35.3 Å². The molecule has 0 unspecified atom stereocenters. The van der Waals surface area contributed by atoms with E-state index < -0.39 is 0 Å². The second-order valence-corrected chi connectivity index (χ2v) is 4.63. The SMILES string of the molecule is S=C=N[C@@H]1CCCCC[C@@H]1c1ccccc1. The summed E-state index contributed by atoms with van der Waals surface area (Å²) in [6, 6.07) is 11.1. The van der Waals surface area contributed by atoms with Crippen LogP contribution in [0.2, 0.25) is 0 Å². The highest BCUT2D eigenvalue weighted by Crippen LogP contribution is 2.33. The van der Waals surface area contributed by atoms with Gasteiger partial charge in [0.2, 0.25) is 0 Å². The first-order chi connectivity index (χ1) is 7.92. The van der Waals surface area contributed by atoms with Crippen LogP contribution in [0.25, 0.3) is 0 Å². The molecular weight excluding hydrogens is 214 g/mol. The van der Waals surface area contributed by atoms with Gasteiger partial charge in [-0.05, 0) is 30.6 Å². The van der Waals surface area contributed by atoms with Gasteiger partial charge in [-0.3, -0.25) is 0 Å². The van der Waals surface area contributed by atoms with Crippen LogP contribution in [-0.4, -0.2) is 11.2 Å². The van der Waals surface area contributed by atoms with Crippen molar-refractivity contribution >= 4 is 17.4 Å². The Labute approximate surface area is 103 Å². The van der Waals surface area contributed by atoms with Crippen LogP contribution in [-0.2, 0) is 0 Å². The van der Waals surface area contributed by atoms with Crippen molar-refractivity contribution in [3.8, 4) is 0 Å². The van der Waals surface area contributed by atoms with Gasteiger partial charge in [0.15, 0.2) is 0 Å². The van der Waals surface area contributed by atoms with Crippen molar-refractivity contribution in [3.63, 3.8) is 0 Å². The van der Waals surface area contributed by atoms with Gasteiger partial charge in [0.1, 0.15) is 0 Å². The molecule has 2 rings (SSSR count). The molecule has 0 radical (unpaired) electrons. The number of aliphatic imine (C=N–C) groups is 1. The molecule has 1 saturated carbocycles. The molecule has 84 valence electrons. The lowest BCUT2D eigenvalue weighted by Gasteiger charge is -2.20. The van der Waals surface area contributed by atoms with Crippen molar-refractivity contribution < 1.29 is 0 Å². The van der Waals surface area contributed by atoms with E-state index in [2.05, 4.69) is 40.5 Å². The third-order valence-corrected chi connectivity index (χ3v) is 3.53. The van der Waals surface area contributed by atoms with Gasteiger partial charge >= 0.3 is 0 Å². The lowest BCUT2D eigenvalue weighted by molar-refractivity contribution is 0.510. The molecule has 0 bridgehead atoms. The molecule has 2 heteroatoms. The molecular formula is C14H17NS. The third kappa shape index (κ3) is 2.78. The summed E-state index contributed by atoms with van der Waals surface area (Å²) in [5, 5.41) is 2.57. The largest absolute Gasteiger partial charge is 0.229 e. The first-order valence-corrected chi connectivity index (χ1v) is 6.44. The lowest BCUT2D eigenvalue weighted by Crippen LogP contribution is -2.15. The quantitative estimate of drug-likeness (QED) is 0.422. The van der Waals surface area contributed by atoms with Crippen molar-refractivity contribution in [1.82, 2.24) is 0 Å². The Kier molecular flexibility index (Phi) is 4.26. The zero-order valence-corrected chi connectivity index (χ0v) is 10.2. The van der Waals surface area contributed by atoms with Gasteiger partial charge in [0.25, 0.3) is 0 Å². The molecule has 16 heavy (non-hydrogen) atoms. The topological polar surface area (TPSA) is 12.4 Å². The minimum absolute atomic E-state index is 0.349. The molecule has 1 aromatic rings. The van der Waals surface area contributed by atoms with Gasteiger partial charge in [-0.15, -0.1) is 0 Å². The van der Waals surface area contributed by atoms with Gasteiger partial charge in [0, 0.05) is 5.92 Å². The number of benzene rings is 1. The summed E-state index contributed by atoms with van der Waals surface area (Å²) in [6.07, 6.45) is 6.29. The monoisotopic (exact) mass is 231 g/mol. The lowest BCUT2D eigenvalue weighted by atomic mass is 9.88. The van der Waals surface area contributed by atoms with Crippen molar-refractivity contribution in [3.05, 3.63) is 35.9 Å². The van der Waals surface area contributed by atoms with Crippen LogP contribution in [0.3, 0.4) is 0 Å². The van der Waals surface area contributed by atoms with Crippen LogP contribution in [0.4, 0.5) is 0 Å². The Morgan fingerprint density at radius 3 is 2.56 bits per heavy atom. The predicted molar refractivity (Wildman–Crippen MR) is 71.1 cm³/mol. The fourth-order valence-corrected chi connectivity index (χ4v) is 2.73. The summed E-state index contributed by atoms with van der Waals surface area (Å²) in [6.45, 7) is 0. The molecule has 0 aromatic heterocycles. The summed E-state index contributed by atoms with van der Waals surface area (Å²) in [5.41, 5.74) is 1.41. The number of rotatable bonds is 2. The Morgan fingerprint density at radius 2 is 1.81 bits per heavy atom. The van der Waals surface area contributed by atoms with E-state index in [1.807, 2.05) is 0 Å². The van der Waals surface area contributed by atoms with E-state index in [-0.39, 0.29) is 0 Å². The van der Waals surface area contributed by atoms with E-state index >= 15 is 0 Å². The Balaban J connectivity index is 2.23. The minimum atomic E-state index is 0.349. The second kappa shape index (κ2) is 5.93. The van der Waals surface area contributed by atoms with Gasteiger partial charge in [-0.1, -0.05) is 49.6 Å². The molecule has 1 aliphatic rings. The zero-order chi connectivity index (χ0) is 11.2. The smallest absolute Gasteiger partial charge is 0.0671 e. The number of isothiocyanates is 1. The van der Waals surface area contributed by atoms with Gasteiger partial charge in [-0.2, -0.15) is 0 Å². The molecule has 1 nitrogen and oxygen atoms in total. The van der Waals surface area contributed by atoms with E-state index in [9.17, 15) is 0 Å². The fraction of sp³-hybridized carbons (Fsp3) is 0.500. The fourth-order valence-electron chi connectivity index (χ4n) is 2.60. The van der Waals surface area contributed by atoms with Crippen LogP contribution < -0.4 is 0 Å². The number of hydrogen-bond acceptors (Lipinski definition) is 2. The Hall–Kier alpha value is -0.980. The molecule has 2 atom stereocenters. The maximum absolute atomic E-state index is 4.76. The highest BCUT2D eigenvalue weighted by molar-refractivity contribution is 7.78. The Bertz CT molecular complexity index is 368. The zero-order valence-electron chi connectivity index (χ0n) is 9.43. The summed E-state index contributed by atoms with van der Waals surface area (Å²) < 4.78 is 0. The van der Waals surface area contributed by atoms with Crippen LogP contribution in [0.5, 0.6) is 0 Å². The first-order valence-electron chi connectivity index (χ1n) is 6.04. The normalized spacial score (nSPS) is 25.5. The highest BCUT2D eigenvalue weighted by atomic mass is 32.1. The maximum atomic E-state index is 4.76. The number of nitrogens with zero attached hydrogens (tertiary/aromatic N) is 1. The molecule has 0 saturated heterocycles. The summed E-state index contributed by atoms with van der Waals surface area (Å²) >= 11 is 4.76. The second-order valence-electron chi connectivity index (χ2n) is 4.44. The van der Waals surface area contributed by atoms with Crippen molar-refractivity contribution in [1.29, 1.82) is 0 Å². The van der Waals surface area contributed by atoms with Crippen LogP contribution in [0, 0.1) is 0 Å². The van der Waals surface area contributed by atoms with Crippen molar-refractivity contribution in [2.24, 2.45) is 4.99 Å². The van der Waals surface area contributed by atoms with Gasteiger partial charge < -0.3 is 0 Å². The summed E-state index contributed by atoms with van der Waals surface area (Å²) in [5.74, 6) is 0.541. The predicted octanol–water partition coefficient (Wildman–Crippen LogP) is 4.21. The Morgan fingerprint density at radius 1 is 1.06 bits per heavy atom. The molecule has 0 spiro atoms. The number of hydrogen-bond donors (Lipinski definition) is 0. The van der Waals surface area contributed by atoms with Crippen molar-refractivity contribution in [2.75, 3.05) is 0 Å². The van der Waals surface area contributed by atoms with Gasteiger partial charge in [-0.25, -0.2) is 4.99 Å². The molecule has 0 heterocycles. The summed E-state index contributed by atoms with van der Waals surface area (Å²) in [4.78, 5) is 4.37. The van der Waals surface area contributed by atoms with E-state index in [0.717, 1.165) is 6.42 Å². The minimum Gasteiger partial charge on any atom is -0.229 e. The van der Waals surface area contributed by atoms with Crippen LogP contribution in [0.1, 0.15) is 43.6 Å². The molecule has 0 amide bonds. The standard InChI is InChI=1S/C14H17NS/c16-11-15-14-10-6-2-5-9-13(14)12-7-3-1-4-8-12/h1,3-4,7-8,13-14H,2,5-6,9-10H2/t13-,14-/m1/s1. The molecule has 1 aromatic carbocycles. The number of thiocarbonyl (C=S) groups is 1. The molecule has 0 aliphatic heterocycles. The highest BCUT2D eigenvalue weighted by Gasteiger charge is 2.24. The molecule has 0 N–H and O–H groups in total. The first kappa shape index (κ1) is 11.5. The van der Waals surface area contributed by atoms with E-state index in [0.29, 0.717) is 12.0 Å². The maximum Gasteiger partial charge on any atom is 0.0671 e. The summed E-state index contributed by atoms with van der Waals surface area (Å²) in [7, 11) is 0. The van der Waals surface area contributed by atoms with Gasteiger partial charge in [0.05, 0.1) is 11.2 Å². The van der Waals surface area contributed by atoms with E-state index in [1.165, 1.54) is 31.2 Å². The van der Waals surface area contributed by atoms with E-state index in [4.69, 9.17) is 12.2 Å². The average molecular weight is 231 g/mol. The average Bonchev–Trinajstić information content (AvgIpc) is 2.56. The van der Waals surface area contributed by atoms with Crippen LogP contribution >= 0.6 is 12.2 Å². The van der Waals surface area contributed by atoms with Crippen molar-refractivity contribution in [2.45, 2.75) is 44.1 Å². The van der Waals surface area contributed by atoms with E-state index in [1.54, 1.807) is 0 Å². The third-order valence-electron chi connectivity index (χ3n) is 3.43. The molecule has 1 aliphatic carbocycles. The molecule has 1 fully saturated rings.